The van der Waals surface area contributed by atoms with Crippen LogP contribution in [0.4, 0.5) is 0 Å². The van der Waals surface area contributed by atoms with Gasteiger partial charge < -0.3 is 9.47 Å². The molecule has 2 aliphatic rings. The van der Waals surface area contributed by atoms with Crippen molar-refractivity contribution in [1.82, 2.24) is 0 Å². The molecule has 120 valence electrons. The Morgan fingerprint density at radius 1 is 1.18 bits per heavy atom. The molecule has 22 heavy (non-hydrogen) atoms. The molecule has 3 rings (SSSR count). The standard InChI is InChI=1S/C19H26O3/c1-2-21-19(20)13-15-7-5-6-14-12-17(10-11-18(14)15)22-16-8-3-4-9-16/h10-12,15-16H,2-9,13H2,1H3. The fraction of sp³-hybridized carbons (Fsp3) is 0.632. The fourth-order valence-electron chi connectivity index (χ4n) is 3.80. The summed E-state index contributed by atoms with van der Waals surface area (Å²) in [5.41, 5.74) is 2.68. The van der Waals surface area contributed by atoms with Gasteiger partial charge in [0.1, 0.15) is 5.75 Å². The molecule has 0 heterocycles. The number of aryl methyl sites for hydroxylation is 1. The molecular formula is C19H26O3. The van der Waals surface area contributed by atoms with Gasteiger partial charge in [-0.2, -0.15) is 0 Å². The minimum absolute atomic E-state index is 0.0772. The molecule has 3 nitrogen and oxygen atoms in total. The van der Waals surface area contributed by atoms with Crippen LogP contribution in [0.15, 0.2) is 18.2 Å². The van der Waals surface area contributed by atoms with Crippen molar-refractivity contribution < 1.29 is 14.3 Å². The van der Waals surface area contributed by atoms with Crippen molar-refractivity contribution in [2.75, 3.05) is 6.61 Å². The first kappa shape index (κ1) is 15.4. The van der Waals surface area contributed by atoms with Crippen LogP contribution in [-0.4, -0.2) is 18.7 Å². The Labute approximate surface area is 133 Å². The van der Waals surface area contributed by atoms with Crippen LogP contribution in [0.25, 0.3) is 0 Å². The van der Waals surface area contributed by atoms with Gasteiger partial charge in [0.2, 0.25) is 0 Å². The molecule has 0 aliphatic heterocycles. The molecule has 1 saturated carbocycles. The molecule has 1 aromatic carbocycles. The first-order chi connectivity index (χ1) is 10.8. The minimum atomic E-state index is -0.0772. The second-order valence-corrected chi connectivity index (χ2v) is 6.48. The number of hydrogen-bond donors (Lipinski definition) is 0. The number of esters is 1. The highest BCUT2D eigenvalue weighted by Gasteiger charge is 2.24. The molecule has 3 heteroatoms. The molecule has 1 aromatic rings. The Kier molecular flexibility index (Phi) is 5.01. The zero-order valence-corrected chi connectivity index (χ0v) is 13.5. The van der Waals surface area contributed by atoms with Crippen LogP contribution >= 0.6 is 0 Å². The van der Waals surface area contributed by atoms with Gasteiger partial charge in [0.15, 0.2) is 0 Å². The summed E-state index contributed by atoms with van der Waals surface area (Å²) in [7, 11) is 0. The van der Waals surface area contributed by atoms with E-state index < -0.39 is 0 Å². The van der Waals surface area contributed by atoms with Crippen LogP contribution in [0.1, 0.15) is 68.9 Å². The van der Waals surface area contributed by atoms with E-state index in [2.05, 4.69) is 18.2 Å². The molecular weight excluding hydrogens is 276 g/mol. The Hall–Kier alpha value is -1.51. The lowest BCUT2D eigenvalue weighted by atomic mass is 9.81. The average molecular weight is 302 g/mol. The quantitative estimate of drug-likeness (QED) is 0.757. The molecule has 2 aliphatic carbocycles. The van der Waals surface area contributed by atoms with E-state index in [0.29, 0.717) is 25.0 Å². The first-order valence-electron chi connectivity index (χ1n) is 8.71. The predicted octanol–water partition coefficient (Wildman–Crippen LogP) is 4.38. The fourth-order valence-corrected chi connectivity index (χ4v) is 3.80. The highest BCUT2D eigenvalue weighted by atomic mass is 16.5. The number of carbonyl (C=O) groups is 1. The summed E-state index contributed by atoms with van der Waals surface area (Å²) in [5.74, 6) is 1.23. The third-order valence-electron chi connectivity index (χ3n) is 4.88. The summed E-state index contributed by atoms with van der Waals surface area (Å²) in [4.78, 5) is 11.8. The van der Waals surface area contributed by atoms with E-state index in [-0.39, 0.29) is 5.97 Å². The van der Waals surface area contributed by atoms with Gasteiger partial charge in [-0.25, -0.2) is 0 Å². The number of rotatable bonds is 5. The molecule has 0 aromatic heterocycles. The third-order valence-corrected chi connectivity index (χ3v) is 4.88. The zero-order valence-electron chi connectivity index (χ0n) is 13.5. The Morgan fingerprint density at radius 3 is 2.77 bits per heavy atom. The maximum atomic E-state index is 11.8. The second kappa shape index (κ2) is 7.17. The summed E-state index contributed by atoms with van der Waals surface area (Å²) in [6.07, 6.45) is 9.16. The molecule has 0 spiro atoms. The number of hydrogen-bond acceptors (Lipinski definition) is 3. The van der Waals surface area contributed by atoms with Crippen molar-refractivity contribution in [2.24, 2.45) is 0 Å². The van der Waals surface area contributed by atoms with Crippen molar-refractivity contribution in [3.05, 3.63) is 29.3 Å². The predicted molar refractivity (Wildman–Crippen MR) is 86.3 cm³/mol. The summed E-state index contributed by atoms with van der Waals surface area (Å²) in [6, 6.07) is 6.45. The molecule has 1 unspecified atom stereocenters. The van der Waals surface area contributed by atoms with Gasteiger partial charge in [-0.3, -0.25) is 4.79 Å². The van der Waals surface area contributed by atoms with Crippen LogP contribution in [-0.2, 0) is 16.0 Å². The average Bonchev–Trinajstić information content (AvgIpc) is 3.00. The van der Waals surface area contributed by atoms with Crippen LogP contribution in [0.3, 0.4) is 0 Å². The number of carbonyl (C=O) groups excluding carboxylic acids is 1. The van der Waals surface area contributed by atoms with Crippen molar-refractivity contribution in [3.63, 3.8) is 0 Å². The highest BCUT2D eigenvalue weighted by Crippen LogP contribution is 2.36. The van der Waals surface area contributed by atoms with Gasteiger partial charge in [0.25, 0.3) is 0 Å². The molecule has 0 radical (unpaired) electrons. The summed E-state index contributed by atoms with van der Waals surface area (Å²) < 4.78 is 11.2. The molecule has 0 bridgehead atoms. The monoisotopic (exact) mass is 302 g/mol. The van der Waals surface area contributed by atoms with Gasteiger partial charge in [-0.1, -0.05) is 6.07 Å². The van der Waals surface area contributed by atoms with E-state index in [9.17, 15) is 4.79 Å². The lowest BCUT2D eigenvalue weighted by Gasteiger charge is -2.26. The van der Waals surface area contributed by atoms with E-state index in [1.54, 1.807) is 0 Å². The molecule has 1 fully saturated rings. The van der Waals surface area contributed by atoms with E-state index >= 15 is 0 Å². The normalized spacial score (nSPS) is 21.4. The highest BCUT2D eigenvalue weighted by molar-refractivity contribution is 5.70. The number of ether oxygens (including phenoxy) is 2. The zero-order chi connectivity index (χ0) is 15.4. The van der Waals surface area contributed by atoms with Crippen LogP contribution in [0.5, 0.6) is 5.75 Å². The maximum absolute atomic E-state index is 11.8. The van der Waals surface area contributed by atoms with Crippen LogP contribution in [0.2, 0.25) is 0 Å². The third kappa shape index (κ3) is 3.63. The van der Waals surface area contributed by atoms with E-state index in [4.69, 9.17) is 9.47 Å². The Bertz CT molecular complexity index is 517. The number of fused-ring (bicyclic) bond motifs is 1. The van der Waals surface area contributed by atoms with Crippen molar-refractivity contribution >= 4 is 5.97 Å². The van der Waals surface area contributed by atoms with Crippen molar-refractivity contribution in [1.29, 1.82) is 0 Å². The van der Waals surface area contributed by atoms with Gasteiger partial charge in [-0.15, -0.1) is 0 Å². The van der Waals surface area contributed by atoms with Gasteiger partial charge in [-0.05, 0) is 81.0 Å². The minimum Gasteiger partial charge on any atom is -0.490 e. The maximum Gasteiger partial charge on any atom is 0.306 e. The summed E-state index contributed by atoms with van der Waals surface area (Å²) in [6.45, 7) is 2.33. The molecule has 1 atom stereocenters. The van der Waals surface area contributed by atoms with E-state index in [0.717, 1.165) is 25.0 Å². The SMILES string of the molecule is CCOC(=O)CC1CCCc2cc(OC3CCCC3)ccc21. The van der Waals surface area contributed by atoms with Gasteiger partial charge >= 0.3 is 5.97 Å². The number of benzene rings is 1. The summed E-state index contributed by atoms with van der Waals surface area (Å²) >= 11 is 0. The largest absolute Gasteiger partial charge is 0.490 e. The smallest absolute Gasteiger partial charge is 0.306 e. The summed E-state index contributed by atoms with van der Waals surface area (Å²) in [5, 5.41) is 0. The van der Waals surface area contributed by atoms with Gasteiger partial charge in [0.05, 0.1) is 19.1 Å². The van der Waals surface area contributed by atoms with Crippen LogP contribution in [0, 0.1) is 0 Å². The molecule has 0 amide bonds. The lowest BCUT2D eigenvalue weighted by Crippen LogP contribution is -2.16. The van der Waals surface area contributed by atoms with Crippen LogP contribution < -0.4 is 4.74 Å². The van der Waals surface area contributed by atoms with E-state index in [1.165, 1.54) is 36.8 Å². The first-order valence-corrected chi connectivity index (χ1v) is 8.71. The molecule has 0 saturated heterocycles. The van der Waals surface area contributed by atoms with Crippen molar-refractivity contribution in [3.8, 4) is 5.75 Å². The van der Waals surface area contributed by atoms with Crippen molar-refractivity contribution in [2.45, 2.75) is 70.3 Å². The second-order valence-electron chi connectivity index (χ2n) is 6.48. The van der Waals surface area contributed by atoms with E-state index in [1.807, 2.05) is 6.92 Å². The Balaban J connectivity index is 1.69. The molecule has 0 N–H and O–H groups in total. The topological polar surface area (TPSA) is 35.5 Å². The lowest BCUT2D eigenvalue weighted by molar-refractivity contribution is -0.143. The van der Waals surface area contributed by atoms with Gasteiger partial charge in [0, 0.05) is 0 Å². The Morgan fingerprint density at radius 2 is 2.00 bits per heavy atom.